The van der Waals surface area contributed by atoms with Gasteiger partial charge in [0.1, 0.15) is 5.82 Å². The Labute approximate surface area is 140 Å². The van der Waals surface area contributed by atoms with Gasteiger partial charge in [-0.25, -0.2) is 4.39 Å². The maximum Gasteiger partial charge on any atom is 0.279 e. The minimum atomic E-state index is -0.710. The number of amides is 1. The van der Waals surface area contributed by atoms with Gasteiger partial charge in [0.05, 0.1) is 29.0 Å². The van der Waals surface area contributed by atoms with E-state index in [0.717, 1.165) is 18.6 Å². The van der Waals surface area contributed by atoms with Gasteiger partial charge in [0.15, 0.2) is 0 Å². The Morgan fingerprint density at radius 2 is 2.17 bits per heavy atom. The molecule has 0 saturated carbocycles. The van der Waals surface area contributed by atoms with Gasteiger partial charge in [0.25, 0.3) is 5.69 Å². The first-order chi connectivity index (χ1) is 11.3. The molecule has 1 amide bonds. The summed E-state index contributed by atoms with van der Waals surface area (Å²) in [4.78, 5) is 24.1. The van der Waals surface area contributed by atoms with Gasteiger partial charge in [-0.3, -0.25) is 14.9 Å². The normalized spacial score (nSPS) is 10.8. The number of halogens is 1. The van der Waals surface area contributed by atoms with Crippen molar-refractivity contribution in [2.45, 2.75) is 26.7 Å². The summed E-state index contributed by atoms with van der Waals surface area (Å²) in [7, 11) is 0. The van der Waals surface area contributed by atoms with E-state index in [4.69, 9.17) is 5.26 Å². The first-order valence-electron chi connectivity index (χ1n) is 7.63. The predicted octanol–water partition coefficient (Wildman–Crippen LogP) is 3.54. The molecule has 0 saturated heterocycles. The molecule has 0 unspecified atom stereocenters. The molecule has 0 aliphatic heterocycles. The highest BCUT2D eigenvalue weighted by Gasteiger charge is 2.15. The van der Waals surface area contributed by atoms with Crippen molar-refractivity contribution in [3.63, 3.8) is 0 Å². The number of carbonyl (C=O) groups excluding carboxylic acids is 1. The molecule has 0 atom stereocenters. The van der Waals surface area contributed by atoms with Gasteiger partial charge < -0.3 is 4.90 Å². The molecule has 0 spiro atoms. The molecule has 0 N–H and O–H groups in total. The number of carbonyl (C=O) groups is 1. The topological polar surface area (TPSA) is 87.2 Å². The van der Waals surface area contributed by atoms with Crippen molar-refractivity contribution in [2.24, 2.45) is 5.92 Å². The Bertz CT molecular complexity index is 666. The predicted molar refractivity (Wildman–Crippen MR) is 88.4 cm³/mol. The van der Waals surface area contributed by atoms with Crippen LogP contribution in [0, 0.1) is 33.2 Å². The third-order valence-corrected chi connectivity index (χ3v) is 3.38. The summed E-state index contributed by atoms with van der Waals surface area (Å²) in [6, 6.07) is 5.17. The largest absolute Gasteiger partial charge is 0.338 e. The molecule has 7 heteroatoms. The van der Waals surface area contributed by atoms with E-state index in [9.17, 15) is 19.3 Å². The average Bonchev–Trinajstić information content (AvgIpc) is 2.53. The van der Waals surface area contributed by atoms with E-state index in [0.29, 0.717) is 19.0 Å². The van der Waals surface area contributed by atoms with E-state index < -0.39 is 16.4 Å². The molecule has 0 radical (unpaired) electrons. The van der Waals surface area contributed by atoms with Crippen molar-refractivity contribution in [3.8, 4) is 6.07 Å². The number of hydrogen-bond acceptors (Lipinski definition) is 4. The van der Waals surface area contributed by atoms with Gasteiger partial charge in [-0.15, -0.1) is 0 Å². The maximum absolute atomic E-state index is 13.1. The summed E-state index contributed by atoms with van der Waals surface area (Å²) in [5.41, 5.74) is -0.247. The van der Waals surface area contributed by atoms with Crippen molar-refractivity contribution in [3.05, 3.63) is 45.8 Å². The van der Waals surface area contributed by atoms with Gasteiger partial charge in [0.2, 0.25) is 5.91 Å². The number of nitriles is 1. The van der Waals surface area contributed by atoms with Crippen molar-refractivity contribution in [2.75, 3.05) is 13.1 Å². The molecule has 24 heavy (non-hydrogen) atoms. The number of hydrogen-bond donors (Lipinski definition) is 0. The summed E-state index contributed by atoms with van der Waals surface area (Å²) in [6.45, 7) is 4.88. The fourth-order valence-electron chi connectivity index (χ4n) is 2.01. The summed E-state index contributed by atoms with van der Waals surface area (Å²) in [5.74, 6) is -0.633. The highest BCUT2D eigenvalue weighted by atomic mass is 19.1. The van der Waals surface area contributed by atoms with Gasteiger partial charge in [0, 0.05) is 19.2 Å². The average molecular weight is 333 g/mol. The molecule has 1 rings (SSSR count). The van der Waals surface area contributed by atoms with Crippen LogP contribution in [0.1, 0.15) is 32.3 Å². The van der Waals surface area contributed by atoms with Crippen LogP contribution in [-0.2, 0) is 4.79 Å². The molecule has 1 aromatic carbocycles. The van der Waals surface area contributed by atoms with E-state index in [-0.39, 0.29) is 17.9 Å². The lowest BCUT2D eigenvalue weighted by atomic mass is 10.1. The van der Waals surface area contributed by atoms with Crippen molar-refractivity contribution in [1.82, 2.24) is 4.90 Å². The minimum Gasteiger partial charge on any atom is -0.338 e. The van der Waals surface area contributed by atoms with Gasteiger partial charge in [-0.1, -0.05) is 13.8 Å². The number of nitro benzene ring substituents is 1. The number of rotatable bonds is 8. The fourth-order valence-corrected chi connectivity index (χ4v) is 2.01. The van der Waals surface area contributed by atoms with Crippen LogP contribution in [-0.4, -0.2) is 28.8 Å². The van der Waals surface area contributed by atoms with Gasteiger partial charge >= 0.3 is 0 Å². The second kappa shape index (κ2) is 9.40. The zero-order valence-corrected chi connectivity index (χ0v) is 13.7. The monoisotopic (exact) mass is 333 g/mol. The van der Waals surface area contributed by atoms with Crippen LogP contribution in [0.25, 0.3) is 6.08 Å². The summed E-state index contributed by atoms with van der Waals surface area (Å²) in [6.07, 6.45) is 3.53. The quantitative estimate of drug-likeness (QED) is 0.413. The number of nitro groups is 1. The Balaban J connectivity index is 2.91. The third-order valence-electron chi connectivity index (χ3n) is 3.38. The fraction of sp³-hybridized carbons (Fsp3) is 0.412. The zero-order valence-electron chi connectivity index (χ0n) is 13.7. The highest BCUT2D eigenvalue weighted by molar-refractivity contribution is 5.92. The van der Waals surface area contributed by atoms with Crippen molar-refractivity contribution < 1.29 is 14.1 Å². The Morgan fingerprint density at radius 3 is 2.75 bits per heavy atom. The van der Waals surface area contributed by atoms with Crippen molar-refractivity contribution in [1.29, 1.82) is 5.26 Å². The van der Waals surface area contributed by atoms with Crippen LogP contribution in [0.4, 0.5) is 10.1 Å². The highest BCUT2D eigenvalue weighted by Crippen LogP contribution is 2.21. The van der Waals surface area contributed by atoms with Crippen LogP contribution >= 0.6 is 0 Å². The first kappa shape index (κ1) is 19.3. The maximum atomic E-state index is 13.1. The molecule has 0 aliphatic rings. The molecule has 0 bridgehead atoms. The molecule has 6 nitrogen and oxygen atoms in total. The molecule has 0 heterocycles. The third kappa shape index (κ3) is 6.16. The molecule has 0 aliphatic carbocycles. The second-order valence-corrected chi connectivity index (χ2v) is 5.71. The number of nitrogens with zero attached hydrogens (tertiary/aromatic N) is 3. The summed E-state index contributed by atoms with van der Waals surface area (Å²) in [5, 5.41) is 19.6. The van der Waals surface area contributed by atoms with E-state index in [2.05, 4.69) is 0 Å². The first-order valence-corrected chi connectivity index (χ1v) is 7.63. The Kier molecular flexibility index (Phi) is 7.56. The molecule has 1 aromatic rings. The molecular weight excluding hydrogens is 313 g/mol. The molecule has 0 aromatic heterocycles. The van der Waals surface area contributed by atoms with E-state index in [1.807, 2.05) is 19.9 Å². The SMILES string of the molecule is CC(C)CCN(CCC#N)C(=O)/C=C/c1ccc(F)cc1[N+](=O)[O-]. The lowest BCUT2D eigenvalue weighted by molar-refractivity contribution is -0.385. The molecular formula is C17H20FN3O3. The van der Waals surface area contributed by atoms with Crippen LogP contribution in [0.3, 0.4) is 0 Å². The standard InChI is InChI=1S/C17H20FN3O3/c1-13(2)8-11-20(10-3-9-19)17(22)7-5-14-4-6-15(18)12-16(14)21(23)24/h4-7,12-13H,3,8,10-11H2,1-2H3/b7-5+. The Morgan fingerprint density at radius 1 is 1.46 bits per heavy atom. The Hall–Kier alpha value is -2.75. The summed E-state index contributed by atoms with van der Waals surface area (Å²) < 4.78 is 13.1. The van der Waals surface area contributed by atoms with Crippen LogP contribution in [0.5, 0.6) is 0 Å². The second-order valence-electron chi connectivity index (χ2n) is 5.71. The van der Waals surface area contributed by atoms with Crippen LogP contribution in [0.15, 0.2) is 24.3 Å². The lowest BCUT2D eigenvalue weighted by Gasteiger charge is -2.21. The molecule has 128 valence electrons. The van der Waals surface area contributed by atoms with Crippen LogP contribution in [0.2, 0.25) is 0 Å². The van der Waals surface area contributed by atoms with E-state index >= 15 is 0 Å². The zero-order chi connectivity index (χ0) is 18.1. The van der Waals surface area contributed by atoms with Gasteiger partial charge in [-0.2, -0.15) is 5.26 Å². The molecule has 0 fully saturated rings. The lowest BCUT2D eigenvalue weighted by Crippen LogP contribution is -2.32. The smallest absolute Gasteiger partial charge is 0.279 e. The summed E-state index contributed by atoms with van der Waals surface area (Å²) >= 11 is 0. The minimum absolute atomic E-state index is 0.152. The van der Waals surface area contributed by atoms with Gasteiger partial charge in [-0.05, 0) is 30.5 Å². The van der Waals surface area contributed by atoms with E-state index in [1.54, 1.807) is 0 Å². The van der Waals surface area contributed by atoms with Crippen LogP contribution < -0.4 is 0 Å². The van der Waals surface area contributed by atoms with E-state index in [1.165, 1.54) is 23.1 Å². The number of benzene rings is 1. The van der Waals surface area contributed by atoms with Crippen molar-refractivity contribution >= 4 is 17.7 Å².